The highest BCUT2D eigenvalue weighted by Crippen LogP contribution is 2.21. The summed E-state index contributed by atoms with van der Waals surface area (Å²) >= 11 is 1.71. The number of nitrogens with zero attached hydrogens (tertiary/aromatic N) is 2. The Morgan fingerprint density at radius 1 is 1.39 bits per heavy atom. The average molecular weight is 261 g/mol. The second-order valence-corrected chi connectivity index (χ2v) is 5.47. The highest BCUT2D eigenvalue weighted by atomic mass is 32.1. The fourth-order valence-electron chi connectivity index (χ4n) is 2.09. The zero-order valence-electron chi connectivity index (χ0n) is 11.1. The molecule has 2 heterocycles. The Morgan fingerprint density at radius 2 is 2.22 bits per heavy atom. The maximum absolute atomic E-state index is 4.55. The van der Waals surface area contributed by atoms with E-state index in [2.05, 4.69) is 40.6 Å². The summed E-state index contributed by atoms with van der Waals surface area (Å²) in [5.74, 6) is 0. The van der Waals surface area contributed by atoms with Gasteiger partial charge in [0, 0.05) is 30.2 Å². The third-order valence-electron chi connectivity index (χ3n) is 2.99. The second-order valence-electron chi connectivity index (χ2n) is 4.40. The van der Waals surface area contributed by atoms with Crippen molar-refractivity contribution in [3.63, 3.8) is 0 Å². The van der Waals surface area contributed by atoms with E-state index < -0.39 is 0 Å². The summed E-state index contributed by atoms with van der Waals surface area (Å²) in [5, 5.41) is 6.79. The molecule has 1 N–H and O–H groups in total. The van der Waals surface area contributed by atoms with Crippen LogP contribution in [0, 0.1) is 13.8 Å². The predicted molar refractivity (Wildman–Crippen MR) is 75.9 cm³/mol. The monoisotopic (exact) mass is 261 g/mol. The van der Waals surface area contributed by atoms with Gasteiger partial charge in [0.15, 0.2) is 0 Å². The number of nitrogens with one attached hydrogen (secondary N) is 1. The molecule has 0 saturated carbocycles. The minimum atomic E-state index is 0.296. The van der Waals surface area contributed by atoms with Crippen molar-refractivity contribution < 1.29 is 0 Å². The molecule has 4 heteroatoms. The van der Waals surface area contributed by atoms with Crippen LogP contribution in [0.1, 0.15) is 34.8 Å². The third-order valence-corrected chi connectivity index (χ3v) is 3.81. The van der Waals surface area contributed by atoms with Crippen LogP contribution < -0.4 is 5.32 Å². The van der Waals surface area contributed by atoms with E-state index in [9.17, 15) is 0 Å². The maximum atomic E-state index is 4.55. The zero-order valence-corrected chi connectivity index (χ0v) is 11.9. The molecule has 0 aliphatic carbocycles. The van der Waals surface area contributed by atoms with Crippen LogP contribution in [0.15, 0.2) is 23.8 Å². The van der Waals surface area contributed by atoms with Crippen molar-refractivity contribution >= 4 is 11.3 Å². The number of likely N-dealkylation sites (N-methyl/N-ethyl adjacent to an activating group) is 1. The molecule has 0 fully saturated rings. The van der Waals surface area contributed by atoms with E-state index in [0.29, 0.717) is 6.04 Å². The Labute approximate surface area is 112 Å². The molecule has 1 atom stereocenters. The van der Waals surface area contributed by atoms with Crippen LogP contribution >= 0.6 is 11.3 Å². The van der Waals surface area contributed by atoms with E-state index in [4.69, 9.17) is 0 Å². The van der Waals surface area contributed by atoms with Crippen molar-refractivity contribution in [1.82, 2.24) is 15.3 Å². The lowest BCUT2D eigenvalue weighted by molar-refractivity contribution is 0.541. The van der Waals surface area contributed by atoms with Crippen molar-refractivity contribution in [3.05, 3.63) is 45.7 Å². The molecule has 1 unspecified atom stereocenters. The van der Waals surface area contributed by atoms with E-state index in [-0.39, 0.29) is 0 Å². The summed E-state index contributed by atoms with van der Waals surface area (Å²) in [6.45, 7) is 7.26. The molecule has 0 aliphatic rings. The van der Waals surface area contributed by atoms with E-state index in [0.717, 1.165) is 23.7 Å². The Kier molecular flexibility index (Phi) is 4.44. The fraction of sp³-hybridized carbons (Fsp3) is 0.429. The van der Waals surface area contributed by atoms with Gasteiger partial charge >= 0.3 is 0 Å². The number of aromatic nitrogens is 2. The fourth-order valence-corrected chi connectivity index (χ4v) is 2.72. The van der Waals surface area contributed by atoms with Crippen molar-refractivity contribution in [2.24, 2.45) is 0 Å². The summed E-state index contributed by atoms with van der Waals surface area (Å²) in [6.07, 6.45) is 4.72. The van der Waals surface area contributed by atoms with Gasteiger partial charge in [0.2, 0.25) is 0 Å². The number of aryl methyl sites for hydroxylation is 2. The standard InChI is InChI=1S/C14H19N3S/c1-4-16-14(7-12-9-18-11(3)17-12)13-8-15-6-5-10(13)2/h5-6,8-9,14,16H,4,7H2,1-3H3. The third kappa shape index (κ3) is 3.15. The summed E-state index contributed by atoms with van der Waals surface area (Å²) < 4.78 is 0. The summed E-state index contributed by atoms with van der Waals surface area (Å²) in [4.78, 5) is 8.78. The normalized spacial score (nSPS) is 12.6. The topological polar surface area (TPSA) is 37.8 Å². The maximum Gasteiger partial charge on any atom is 0.0897 e. The second kappa shape index (κ2) is 6.07. The van der Waals surface area contributed by atoms with Gasteiger partial charge in [-0.2, -0.15) is 0 Å². The number of pyridine rings is 1. The molecule has 0 radical (unpaired) electrons. The highest BCUT2D eigenvalue weighted by molar-refractivity contribution is 7.09. The van der Waals surface area contributed by atoms with Crippen LogP contribution in [0.4, 0.5) is 0 Å². The zero-order chi connectivity index (χ0) is 13.0. The Morgan fingerprint density at radius 3 is 2.83 bits per heavy atom. The first-order valence-electron chi connectivity index (χ1n) is 6.25. The van der Waals surface area contributed by atoms with Gasteiger partial charge in [-0.25, -0.2) is 4.98 Å². The minimum absolute atomic E-state index is 0.296. The molecule has 3 nitrogen and oxygen atoms in total. The molecule has 0 aromatic carbocycles. The summed E-state index contributed by atoms with van der Waals surface area (Å²) in [5.41, 5.74) is 3.71. The van der Waals surface area contributed by atoms with Gasteiger partial charge in [-0.05, 0) is 37.6 Å². The molecule has 18 heavy (non-hydrogen) atoms. The van der Waals surface area contributed by atoms with Crippen LogP contribution in [0.3, 0.4) is 0 Å². The van der Waals surface area contributed by atoms with E-state index >= 15 is 0 Å². The van der Waals surface area contributed by atoms with Crippen LogP contribution in [0.2, 0.25) is 0 Å². The van der Waals surface area contributed by atoms with Gasteiger partial charge in [-0.1, -0.05) is 6.92 Å². The van der Waals surface area contributed by atoms with Gasteiger partial charge in [0.1, 0.15) is 0 Å². The number of hydrogen-bond donors (Lipinski definition) is 1. The molecule has 0 bridgehead atoms. The number of thiazole rings is 1. The first-order chi connectivity index (χ1) is 8.70. The van der Waals surface area contributed by atoms with Crippen LogP contribution in [0.25, 0.3) is 0 Å². The molecule has 0 spiro atoms. The van der Waals surface area contributed by atoms with Gasteiger partial charge < -0.3 is 5.32 Å². The molecule has 0 saturated heterocycles. The van der Waals surface area contributed by atoms with E-state index in [1.54, 1.807) is 11.3 Å². The lowest BCUT2D eigenvalue weighted by atomic mass is 10.00. The first kappa shape index (κ1) is 13.2. The SMILES string of the molecule is CCNC(Cc1csc(C)n1)c1cnccc1C. The van der Waals surface area contributed by atoms with Crippen molar-refractivity contribution in [2.45, 2.75) is 33.2 Å². The molecular formula is C14H19N3S. The minimum Gasteiger partial charge on any atom is -0.310 e. The highest BCUT2D eigenvalue weighted by Gasteiger charge is 2.14. The molecule has 0 aliphatic heterocycles. The molecular weight excluding hydrogens is 242 g/mol. The predicted octanol–water partition coefficient (Wildman–Crippen LogP) is 3.05. The Hall–Kier alpha value is -1.26. The lowest BCUT2D eigenvalue weighted by Crippen LogP contribution is -2.24. The summed E-state index contributed by atoms with van der Waals surface area (Å²) in [7, 11) is 0. The van der Waals surface area contributed by atoms with E-state index in [1.807, 2.05) is 19.3 Å². The molecule has 0 amide bonds. The van der Waals surface area contributed by atoms with Crippen molar-refractivity contribution in [3.8, 4) is 0 Å². The molecule has 2 aromatic heterocycles. The van der Waals surface area contributed by atoms with Crippen LogP contribution in [-0.2, 0) is 6.42 Å². The van der Waals surface area contributed by atoms with Crippen molar-refractivity contribution in [1.29, 1.82) is 0 Å². The van der Waals surface area contributed by atoms with Gasteiger partial charge in [0.25, 0.3) is 0 Å². The van der Waals surface area contributed by atoms with Crippen LogP contribution in [0.5, 0.6) is 0 Å². The molecule has 96 valence electrons. The van der Waals surface area contributed by atoms with Gasteiger partial charge in [-0.3, -0.25) is 4.98 Å². The number of hydrogen-bond acceptors (Lipinski definition) is 4. The molecule has 2 rings (SSSR count). The van der Waals surface area contributed by atoms with Crippen LogP contribution in [-0.4, -0.2) is 16.5 Å². The van der Waals surface area contributed by atoms with Gasteiger partial charge in [-0.15, -0.1) is 11.3 Å². The first-order valence-corrected chi connectivity index (χ1v) is 7.13. The largest absolute Gasteiger partial charge is 0.310 e. The number of rotatable bonds is 5. The Bertz CT molecular complexity index is 507. The van der Waals surface area contributed by atoms with E-state index in [1.165, 1.54) is 11.1 Å². The Balaban J connectivity index is 2.20. The average Bonchev–Trinajstić information content (AvgIpc) is 2.75. The molecule has 2 aromatic rings. The quantitative estimate of drug-likeness (QED) is 0.899. The smallest absolute Gasteiger partial charge is 0.0897 e. The lowest BCUT2D eigenvalue weighted by Gasteiger charge is -2.18. The van der Waals surface area contributed by atoms with Gasteiger partial charge in [0.05, 0.1) is 10.7 Å². The van der Waals surface area contributed by atoms with Crippen molar-refractivity contribution in [2.75, 3.05) is 6.54 Å². The summed E-state index contributed by atoms with van der Waals surface area (Å²) in [6, 6.07) is 2.36.